The molecule has 2 unspecified atom stereocenters. The molecular formula is C19H19FN4O3. The molecule has 4 bridgehead atoms. The van der Waals surface area contributed by atoms with Crippen LogP contribution in [0.1, 0.15) is 36.0 Å². The summed E-state index contributed by atoms with van der Waals surface area (Å²) >= 11 is 0. The summed E-state index contributed by atoms with van der Waals surface area (Å²) in [6, 6.07) is 1.61. The normalized spacial score (nSPS) is 33.2. The van der Waals surface area contributed by atoms with Crippen molar-refractivity contribution in [2.75, 3.05) is 18.0 Å². The van der Waals surface area contributed by atoms with E-state index in [2.05, 4.69) is 15.2 Å². The van der Waals surface area contributed by atoms with Crippen LogP contribution in [0, 0.1) is 11.7 Å². The number of rotatable bonds is 3. The molecule has 140 valence electrons. The van der Waals surface area contributed by atoms with E-state index in [9.17, 15) is 19.1 Å². The van der Waals surface area contributed by atoms with Crippen LogP contribution in [0.25, 0.3) is 11.0 Å². The molecule has 0 spiro atoms. The van der Waals surface area contributed by atoms with Gasteiger partial charge in [0.2, 0.25) is 5.43 Å². The average molecular weight is 370 g/mol. The first kappa shape index (κ1) is 15.6. The largest absolute Gasteiger partial charge is 0.477 e. The topological polar surface area (TPSA) is 87.5 Å². The van der Waals surface area contributed by atoms with Gasteiger partial charge in [0.1, 0.15) is 22.8 Å². The van der Waals surface area contributed by atoms with Gasteiger partial charge in [-0.1, -0.05) is 0 Å². The number of hydrogen-bond donors (Lipinski definition) is 2. The minimum Gasteiger partial charge on any atom is -0.477 e. The second kappa shape index (κ2) is 4.86. The van der Waals surface area contributed by atoms with Gasteiger partial charge in [-0.05, 0) is 37.7 Å². The van der Waals surface area contributed by atoms with Crippen molar-refractivity contribution in [2.45, 2.75) is 43.3 Å². The van der Waals surface area contributed by atoms with E-state index in [4.69, 9.17) is 0 Å². The number of hydrogen-bond acceptors (Lipinski definition) is 5. The quantitative estimate of drug-likeness (QED) is 0.847. The van der Waals surface area contributed by atoms with Gasteiger partial charge in [0, 0.05) is 30.7 Å². The molecule has 4 heterocycles. The maximum atomic E-state index is 13.8. The minimum atomic E-state index is -1.25. The highest BCUT2D eigenvalue weighted by atomic mass is 19.1. The predicted molar refractivity (Wildman–Crippen MR) is 95.8 cm³/mol. The lowest BCUT2D eigenvalue weighted by Crippen LogP contribution is -2.61. The van der Waals surface area contributed by atoms with Crippen molar-refractivity contribution in [3.8, 4) is 0 Å². The van der Waals surface area contributed by atoms with Crippen LogP contribution in [0.3, 0.4) is 0 Å². The SMILES string of the molecule is O=C(O)c1c(N2CC3CC2CN3)n(C23CC(C2)C3)c2ncc(F)cc2c1=O. The Balaban J connectivity index is 1.72. The van der Waals surface area contributed by atoms with Crippen LogP contribution in [0.15, 0.2) is 17.1 Å². The molecule has 0 aromatic carbocycles. The lowest BCUT2D eigenvalue weighted by Gasteiger charge is -2.63. The number of aromatic carboxylic acids is 1. The van der Waals surface area contributed by atoms with Crippen molar-refractivity contribution in [1.82, 2.24) is 14.9 Å². The summed E-state index contributed by atoms with van der Waals surface area (Å²) in [5, 5.41) is 13.4. The van der Waals surface area contributed by atoms with E-state index >= 15 is 0 Å². The second-order valence-electron chi connectivity index (χ2n) is 8.54. The first-order chi connectivity index (χ1) is 13.0. The van der Waals surface area contributed by atoms with Gasteiger partial charge in [0.15, 0.2) is 0 Å². The standard InChI is InChI=1S/C19H19FN4O3/c20-10-1-13-15(25)14(18(26)27)17(23-8-11-2-12(23)7-21-11)24(16(13)22-6-10)19-3-9(4-19)5-19/h1,6,9,11-12,21H,2-5,7-8H2,(H,26,27). The van der Waals surface area contributed by atoms with Crippen molar-refractivity contribution >= 4 is 22.8 Å². The molecule has 0 radical (unpaired) electrons. The number of nitrogens with zero attached hydrogens (tertiary/aromatic N) is 3. The van der Waals surface area contributed by atoms with E-state index in [0.717, 1.165) is 44.5 Å². The van der Waals surface area contributed by atoms with Crippen LogP contribution in [0.4, 0.5) is 10.2 Å². The van der Waals surface area contributed by atoms with E-state index in [0.29, 0.717) is 30.0 Å². The van der Waals surface area contributed by atoms with Crippen molar-refractivity contribution in [1.29, 1.82) is 0 Å². The molecular weight excluding hydrogens is 351 g/mol. The number of carboxylic acids is 1. The zero-order valence-electron chi connectivity index (χ0n) is 14.6. The molecule has 8 heteroatoms. The Bertz CT molecular complexity index is 1060. The fourth-order valence-corrected chi connectivity index (χ4v) is 5.67. The summed E-state index contributed by atoms with van der Waals surface area (Å²) in [5.74, 6) is -0.737. The molecule has 2 aromatic heterocycles. The van der Waals surface area contributed by atoms with Gasteiger partial charge in [0.25, 0.3) is 0 Å². The highest BCUT2D eigenvalue weighted by molar-refractivity contribution is 5.98. The zero-order chi connectivity index (χ0) is 18.5. The molecule has 3 saturated carbocycles. The molecule has 2 N–H and O–H groups in total. The van der Waals surface area contributed by atoms with Gasteiger partial charge in [-0.2, -0.15) is 0 Å². The maximum Gasteiger partial charge on any atom is 0.343 e. The Hall–Kier alpha value is -2.48. The van der Waals surface area contributed by atoms with Gasteiger partial charge >= 0.3 is 5.97 Å². The van der Waals surface area contributed by atoms with Crippen LogP contribution in [0.5, 0.6) is 0 Å². The zero-order valence-corrected chi connectivity index (χ0v) is 14.6. The molecule has 3 aliphatic carbocycles. The summed E-state index contributed by atoms with van der Waals surface area (Å²) in [7, 11) is 0. The highest BCUT2D eigenvalue weighted by Gasteiger charge is 2.60. The maximum absolute atomic E-state index is 13.8. The van der Waals surface area contributed by atoms with Crippen molar-refractivity contribution in [3.05, 3.63) is 33.9 Å². The number of aromatic nitrogens is 2. The number of pyridine rings is 2. The molecule has 0 amide bonds. The molecule has 7 nitrogen and oxygen atoms in total. The number of piperazine rings is 1. The van der Waals surface area contributed by atoms with E-state index in [1.807, 2.05) is 4.57 Å². The van der Waals surface area contributed by atoms with Crippen LogP contribution < -0.4 is 15.6 Å². The van der Waals surface area contributed by atoms with E-state index in [-0.39, 0.29) is 22.5 Å². The smallest absolute Gasteiger partial charge is 0.343 e. The monoisotopic (exact) mass is 370 g/mol. The Morgan fingerprint density at radius 1 is 1.37 bits per heavy atom. The first-order valence-electron chi connectivity index (χ1n) is 9.45. The fraction of sp³-hybridized carbons (Fsp3) is 0.526. The van der Waals surface area contributed by atoms with E-state index < -0.39 is 17.2 Å². The lowest BCUT2D eigenvalue weighted by atomic mass is 9.49. The Morgan fingerprint density at radius 2 is 2.15 bits per heavy atom. The van der Waals surface area contributed by atoms with Crippen LogP contribution in [-0.4, -0.2) is 45.8 Å². The third-order valence-corrected chi connectivity index (χ3v) is 6.97. The molecule has 2 aromatic rings. The Morgan fingerprint density at radius 3 is 2.70 bits per heavy atom. The third kappa shape index (κ3) is 1.86. The average Bonchev–Trinajstić information content (AvgIpc) is 3.16. The molecule has 2 atom stereocenters. The molecule has 5 aliphatic rings. The summed E-state index contributed by atoms with van der Waals surface area (Å²) in [4.78, 5) is 31.6. The molecule has 2 aliphatic heterocycles. The molecule has 27 heavy (non-hydrogen) atoms. The van der Waals surface area contributed by atoms with Gasteiger partial charge in [0.05, 0.1) is 11.6 Å². The van der Waals surface area contributed by atoms with Gasteiger partial charge < -0.3 is 19.9 Å². The van der Waals surface area contributed by atoms with Crippen LogP contribution in [-0.2, 0) is 5.54 Å². The van der Waals surface area contributed by atoms with Crippen LogP contribution in [0.2, 0.25) is 0 Å². The third-order valence-electron chi connectivity index (χ3n) is 6.97. The van der Waals surface area contributed by atoms with Gasteiger partial charge in [-0.25, -0.2) is 14.2 Å². The number of nitrogens with one attached hydrogen (secondary N) is 1. The highest BCUT2D eigenvalue weighted by Crippen LogP contribution is 2.64. The Labute approximate surface area is 153 Å². The minimum absolute atomic E-state index is 0.0587. The molecule has 5 fully saturated rings. The van der Waals surface area contributed by atoms with Crippen molar-refractivity contribution in [2.24, 2.45) is 5.92 Å². The second-order valence-corrected chi connectivity index (χ2v) is 8.54. The van der Waals surface area contributed by atoms with E-state index in [1.54, 1.807) is 0 Å². The summed E-state index contributed by atoms with van der Waals surface area (Å²) in [5.41, 5.74) is -0.656. The summed E-state index contributed by atoms with van der Waals surface area (Å²) in [6.45, 7) is 1.46. The Kier molecular flexibility index (Phi) is 2.80. The van der Waals surface area contributed by atoms with E-state index in [1.165, 1.54) is 0 Å². The molecule has 2 saturated heterocycles. The van der Waals surface area contributed by atoms with Crippen LogP contribution >= 0.6 is 0 Å². The van der Waals surface area contributed by atoms with Gasteiger partial charge in [-0.15, -0.1) is 0 Å². The fourth-order valence-electron chi connectivity index (χ4n) is 5.67. The summed E-state index contributed by atoms with van der Waals surface area (Å²) < 4.78 is 15.8. The van der Waals surface area contributed by atoms with Crippen molar-refractivity contribution in [3.63, 3.8) is 0 Å². The number of carbonyl (C=O) groups is 1. The van der Waals surface area contributed by atoms with Crippen molar-refractivity contribution < 1.29 is 14.3 Å². The first-order valence-corrected chi connectivity index (χ1v) is 9.45. The number of halogens is 1. The van der Waals surface area contributed by atoms with Gasteiger partial charge in [-0.3, -0.25) is 4.79 Å². The number of anilines is 1. The predicted octanol–water partition coefficient (Wildman–Crippen LogP) is 1.29. The number of fused-ring (bicyclic) bond motifs is 3. The summed E-state index contributed by atoms with van der Waals surface area (Å²) in [6.07, 6.45) is 4.96. The lowest BCUT2D eigenvalue weighted by molar-refractivity contribution is -0.0853. The number of carboxylic acid groups (broad SMARTS) is 1. The molecule has 7 rings (SSSR count).